The molecule has 0 aliphatic heterocycles. The molecule has 1 aromatic carbocycles. The third kappa shape index (κ3) is 2.23. The molecule has 0 aliphatic carbocycles. The van der Waals surface area contributed by atoms with E-state index in [2.05, 4.69) is 5.43 Å². The number of carbonyl (C=O) groups excluding carboxylic acids is 1. The van der Waals surface area contributed by atoms with Crippen molar-refractivity contribution in [1.82, 2.24) is 5.43 Å². The standard InChI is InChI=1S/C10H14N2O2/c1-3-14-9-6-8(10(13)12-11)5-4-7(9)2/h4-6H,3,11H2,1-2H3,(H,12,13). The molecule has 1 rings (SSSR count). The van der Waals surface area contributed by atoms with Crippen molar-refractivity contribution in [2.75, 3.05) is 6.61 Å². The second-order valence-corrected chi connectivity index (χ2v) is 2.89. The van der Waals surface area contributed by atoms with E-state index < -0.39 is 0 Å². The lowest BCUT2D eigenvalue weighted by Gasteiger charge is -2.08. The van der Waals surface area contributed by atoms with Crippen molar-refractivity contribution in [2.45, 2.75) is 13.8 Å². The Morgan fingerprint density at radius 2 is 2.29 bits per heavy atom. The second-order valence-electron chi connectivity index (χ2n) is 2.89. The van der Waals surface area contributed by atoms with E-state index >= 15 is 0 Å². The highest BCUT2D eigenvalue weighted by atomic mass is 16.5. The van der Waals surface area contributed by atoms with Gasteiger partial charge in [-0.2, -0.15) is 0 Å². The largest absolute Gasteiger partial charge is 0.494 e. The fraction of sp³-hybridized carbons (Fsp3) is 0.300. The van der Waals surface area contributed by atoms with Gasteiger partial charge in [0.05, 0.1) is 6.61 Å². The van der Waals surface area contributed by atoms with Crippen LogP contribution in [0.3, 0.4) is 0 Å². The first-order chi connectivity index (χ1) is 6.69. The maximum Gasteiger partial charge on any atom is 0.265 e. The molecule has 4 nitrogen and oxygen atoms in total. The van der Waals surface area contributed by atoms with E-state index in [1.165, 1.54) is 0 Å². The van der Waals surface area contributed by atoms with Crippen LogP contribution in [0.5, 0.6) is 5.75 Å². The van der Waals surface area contributed by atoms with Gasteiger partial charge >= 0.3 is 0 Å². The number of nitrogens with two attached hydrogens (primary N) is 1. The topological polar surface area (TPSA) is 64.3 Å². The van der Waals surface area contributed by atoms with E-state index in [-0.39, 0.29) is 5.91 Å². The summed E-state index contributed by atoms with van der Waals surface area (Å²) in [5, 5.41) is 0. The van der Waals surface area contributed by atoms with Crippen LogP contribution in [0.25, 0.3) is 0 Å². The number of ether oxygens (including phenoxy) is 1. The Hall–Kier alpha value is -1.55. The van der Waals surface area contributed by atoms with Crippen LogP contribution >= 0.6 is 0 Å². The van der Waals surface area contributed by atoms with Gasteiger partial charge in [0, 0.05) is 5.56 Å². The highest BCUT2D eigenvalue weighted by Gasteiger charge is 2.06. The molecule has 0 fully saturated rings. The summed E-state index contributed by atoms with van der Waals surface area (Å²) in [4.78, 5) is 11.2. The van der Waals surface area contributed by atoms with Gasteiger partial charge in [0.15, 0.2) is 0 Å². The van der Waals surface area contributed by atoms with Crippen LogP contribution in [0.1, 0.15) is 22.8 Å². The normalized spacial score (nSPS) is 9.64. The lowest BCUT2D eigenvalue weighted by molar-refractivity contribution is 0.0953. The Balaban J connectivity index is 2.99. The SMILES string of the molecule is CCOc1cc(C(=O)NN)ccc1C. The quantitative estimate of drug-likeness (QED) is 0.428. The maximum atomic E-state index is 11.2. The maximum absolute atomic E-state index is 11.2. The van der Waals surface area contributed by atoms with Crippen molar-refractivity contribution in [2.24, 2.45) is 5.84 Å². The molecule has 76 valence electrons. The highest BCUT2D eigenvalue weighted by Crippen LogP contribution is 2.19. The van der Waals surface area contributed by atoms with Gasteiger partial charge in [-0.25, -0.2) is 5.84 Å². The summed E-state index contributed by atoms with van der Waals surface area (Å²) in [5.41, 5.74) is 3.58. The zero-order valence-electron chi connectivity index (χ0n) is 8.33. The van der Waals surface area contributed by atoms with Crippen molar-refractivity contribution < 1.29 is 9.53 Å². The fourth-order valence-electron chi connectivity index (χ4n) is 1.14. The first-order valence-corrected chi connectivity index (χ1v) is 4.43. The molecule has 1 amide bonds. The summed E-state index contributed by atoms with van der Waals surface area (Å²) in [6.45, 7) is 4.40. The van der Waals surface area contributed by atoms with Crippen LogP contribution in [0.4, 0.5) is 0 Å². The van der Waals surface area contributed by atoms with Gasteiger partial charge in [-0.1, -0.05) is 6.07 Å². The Bertz CT molecular complexity index is 337. The minimum atomic E-state index is -0.314. The smallest absolute Gasteiger partial charge is 0.265 e. The Morgan fingerprint density at radius 3 is 2.86 bits per heavy atom. The summed E-state index contributed by atoms with van der Waals surface area (Å²) in [5.74, 6) is 5.43. The fourth-order valence-corrected chi connectivity index (χ4v) is 1.14. The third-order valence-electron chi connectivity index (χ3n) is 1.88. The predicted molar refractivity (Wildman–Crippen MR) is 54.0 cm³/mol. The molecule has 0 saturated carbocycles. The van der Waals surface area contributed by atoms with Crippen LogP contribution in [0.15, 0.2) is 18.2 Å². The molecule has 4 heteroatoms. The van der Waals surface area contributed by atoms with Gasteiger partial charge < -0.3 is 4.74 Å². The Morgan fingerprint density at radius 1 is 1.57 bits per heavy atom. The number of carbonyl (C=O) groups is 1. The zero-order valence-corrected chi connectivity index (χ0v) is 8.33. The van der Waals surface area contributed by atoms with Crippen molar-refractivity contribution in [3.05, 3.63) is 29.3 Å². The van der Waals surface area contributed by atoms with E-state index in [1.807, 2.05) is 19.9 Å². The van der Waals surface area contributed by atoms with Gasteiger partial charge in [0.25, 0.3) is 5.91 Å². The molecule has 0 bridgehead atoms. The molecule has 1 aromatic rings. The first-order valence-electron chi connectivity index (χ1n) is 4.43. The van der Waals surface area contributed by atoms with Crippen LogP contribution in [-0.2, 0) is 0 Å². The van der Waals surface area contributed by atoms with Crippen LogP contribution in [0, 0.1) is 6.92 Å². The van der Waals surface area contributed by atoms with Gasteiger partial charge in [-0.05, 0) is 31.5 Å². The van der Waals surface area contributed by atoms with E-state index in [9.17, 15) is 4.79 Å². The minimum Gasteiger partial charge on any atom is -0.494 e. The predicted octanol–water partition coefficient (Wildman–Crippen LogP) is 0.997. The summed E-state index contributed by atoms with van der Waals surface area (Å²) in [6, 6.07) is 5.22. The molecule has 0 unspecified atom stereocenters. The van der Waals surface area contributed by atoms with E-state index in [1.54, 1.807) is 12.1 Å². The lowest BCUT2D eigenvalue weighted by Crippen LogP contribution is -2.29. The van der Waals surface area contributed by atoms with Gasteiger partial charge in [0.2, 0.25) is 0 Å². The van der Waals surface area contributed by atoms with E-state index in [4.69, 9.17) is 10.6 Å². The molecule has 0 aromatic heterocycles. The van der Waals surface area contributed by atoms with Crippen LogP contribution in [-0.4, -0.2) is 12.5 Å². The molecule has 0 radical (unpaired) electrons. The van der Waals surface area contributed by atoms with E-state index in [0.29, 0.717) is 17.9 Å². The average Bonchev–Trinajstić information content (AvgIpc) is 2.20. The molecule has 3 N–H and O–H groups in total. The highest BCUT2D eigenvalue weighted by molar-refractivity contribution is 5.94. The van der Waals surface area contributed by atoms with Crippen molar-refractivity contribution >= 4 is 5.91 Å². The number of hydrogen-bond acceptors (Lipinski definition) is 3. The van der Waals surface area contributed by atoms with Gasteiger partial charge in [0.1, 0.15) is 5.75 Å². The van der Waals surface area contributed by atoms with Crippen molar-refractivity contribution in [3.63, 3.8) is 0 Å². The number of aryl methyl sites for hydroxylation is 1. The minimum absolute atomic E-state index is 0.314. The summed E-state index contributed by atoms with van der Waals surface area (Å²) in [7, 11) is 0. The number of amides is 1. The first kappa shape index (κ1) is 10.5. The number of hydrogen-bond donors (Lipinski definition) is 2. The number of nitrogens with one attached hydrogen (secondary N) is 1. The Kier molecular flexibility index (Phi) is 3.48. The van der Waals surface area contributed by atoms with Crippen molar-refractivity contribution in [3.8, 4) is 5.75 Å². The molecule has 14 heavy (non-hydrogen) atoms. The summed E-state index contributed by atoms with van der Waals surface area (Å²) in [6.07, 6.45) is 0. The second kappa shape index (κ2) is 4.62. The monoisotopic (exact) mass is 194 g/mol. The Labute approximate surface area is 83.0 Å². The van der Waals surface area contributed by atoms with Crippen LogP contribution < -0.4 is 16.0 Å². The number of nitrogen functional groups attached to an aromatic ring is 1. The molecule has 0 aliphatic rings. The van der Waals surface area contributed by atoms with E-state index in [0.717, 1.165) is 5.56 Å². The summed E-state index contributed by atoms with van der Waals surface area (Å²) >= 11 is 0. The molecular formula is C10H14N2O2. The van der Waals surface area contributed by atoms with Crippen molar-refractivity contribution in [1.29, 1.82) is 0 Å². The van der Waals surface area contributed by atoms with Crippen LogP contribution in [0.2, 0.25) is 0 Å². The number of benzene rings is 1. The zero-order chi connectivity index (χ0) is 10.6. The lowest BCUT2D eigenvalue weighted by atomic mass is 10.1. The molecule has 0 saturated heterocycles. The molecule has 0 spiro atoms. The molecule has 0 atom stereocenters. The van der Waals surface area contributed by atoms with Gasteiger partial charge in [-0.15, -0.1) is 0 Å². The average molecular weight is 194 g/mol. The number of hydrazine groups is 1. The number of rotatable bonds is 3. The van der Waals surface area contributed by atoms with Gasteiger partial charge in [-0.3, -0.25) is 10.2 Å². The summed E-state index contributed by atoms with van der Waals surface area (Å²) < 4.78 is 5.35. The molecule has 0 heterocycles. The third-order valence-corrected chi connectivity index (χ3v) is 1.88. The molecular weight excluding hydrogens is 180 g/mol.